The average molecular weight is 304 g/mol. The molecule has 4 rings (SSSR count). The van der Waals surface area contributed by atoms with Crippen molar-refractivity contribution in [2.75, 3.05) is 6.54 Å². The Bertz CT molecular complexity index is 906. The summed E-state index contributed by atoms with van der Waals surface area (Å²) in [5.41, 5.74) is 4.40. The zero-order chi connectivity index (χ0) is 15.8. The molecule has 1 amide bonds. The lowest BCUT2D eigenvalue weighted by Gasteiger charge is -2.28. The standard InChI is InChI=1S/C18H16N4O/c1-12-5-6-13-3-2-4-15(17(13)21-12)18(23)22-8-7-16-14(10-22)9-19-11-20-16/h2-6,9,11H,7-8,10H2,1H3. The van der Waals surface area contributed by atoms with E-state index in [1.54, 1.807) is 12.5 Å². The normalized spacial score (nSPS) is 13.9. The summed E-state index contributed by atoms with van der Waals surface area (Å²) in [5.74, 6) is 0.0169. The molecule has 5 nitrogen and oxygen atoms in total. The number of hydrogen-bond donors (Lipinski definition) is 0. The summed E-state index contributed by atoms with van der Waals surface area (Å²) in [6.07, 6.45) is 4.13. The quantitative estimate of drug-likeness (QED) is 0.693. The molecule has 0 aliphatic carbocycles. The minimum atomic E-state index is 0.0169. The Kier molecular flexibility index (Phi) is 3.26. The molecule has 1 aromatic carbocycles. The lowest BCUT2D eigenvalue weighted by atomic mass is 10.0. The van der Waals surface area contributed by atoms with E-state index >= 15 is 0 Å². The van der Waals surface area contributed by atoms with Crippen molar-refractivity contribution >= 4 is 16.8 Å². The zero-order valence-corrected chi connectivity index (χ0v) is 12.9. The number of pyridine rings is 1. The molecule has 1 aliphatic heterocycles. The van der Waals surface area contributed by atoms with E-state index in [1.807, 2.05) is 42.2 Å². The number of hydrogen-bond acceptors (Lipinski definition) is 4. The van der Waals surface area contributed by atoms with Crippen molar-refractivity contribution in [3.63, 3.8) is 0 Å². The van der Waals surface area contributed by atoms with Gasteiger partial charge in [-0.3, -0.25) is 9.78 Å². The minimum absolute atomic E-state index is 0.0169. The summed E-state index contributed by atoms with van der Waals surface area (Å²) in [6.45, 7) is 3.16. The highest BCUT2D eigenvalue weighted by atomic mass is 16.2. The van der Waals surface area contributed by atoms with Gasteiger partial charge in [0, 0.05) is 42.4 Å². The monoisotopic (exact) mass is 304 g/mol. The molecule has 0 radical (unpaired) electrons. The summed E-state index contributed by atoms with van der Waals surface area (Å²) in [6, 6.07) is 9.72. The van der Waals surface area contributed by atoms with Crippen LogP contribution in [-0.4, -0.2) is 32.3 Å². The number of fused-ring (bicyclic) bond motifs is 2. The molecular formula is C18H16N4O. The van der Waals surface area contributed by atoms with Crippen LogP contribution in [0.5, 0.6) is 0 Å². The largest absolute Gasteiger partial charge is 0.334 e. The van der Waals surface area contributed by atoms with Crippen LogP contribution in [0, 0.1) is 6.92 Å². The van der Waals surface area contributed by atoms with Crippen LogP contribution in [0.2, 0.25) is 0 Å². The van der Waals surface area contributed by atoms with E-state index in [1.165, 1.54) is 0 Å². The number of carbonyl (C=O) groups is 1. The van der Waals surface area contributed by atoms with Crippen molar-refractivity contribution in [2.24, 2.45) is 0 Å². The van der Waals surface area contributed by atoms with E-state index in [-0.39, 0.29) is 5.91 Å². The molecule has 0 spiro atoms. The Morgan fingerprint density at radius 3 is 3.04 bits per heavy atom. The van der Waals surface area contributed by atoms with Gasteiger partial charge in [-0.2, -0.15) is 0 Å². The third kappa shape index (κ3) is 2.44. The van der Waals surface area contributed by atoms with Crippen LogP contribution in [0.3, 0.4) is 0 Å². The molecule has 5 heteroatoms. The molecule has 0 fully saturated rings. The van der Waals surface area contributed by atoms with E-state index in [9.17, 15) is 4.79 Å². The molecule has 0 saturated carbocycles. The van der Waals surface area contributed by atoms with Crippen LogP contribution < -0.4 is 0 Å². The van der Waals surface area contributed by atoms with Crippen molar-refractivity contribution < 1.29 is 4.79 Å². The van der Waals surface area contributed by atoms with Gasteiger partial charge in [-0.1, -0.05) is 18.2 Å². The maximum atomic E-state index is 13.0. The second-order valence-corrected chi connectivity index (χ2v) is 5.80. The first-order chi connectivity index (χ1) is 11.2. The van der Waals surface area contributed by atoms with Crippen LogP contribution in [0.15, 0.2) is 42.9 Å². The summed E-state index contributed by atoms with van der Waals surface area (Å²) in [5, 5.41) is 0.988. The highest BCUT2D eigenvalue weighted by Crippen LogP contribution is 2.22. The number of nitrogens with zero attached hydrogens (tertiary/aromatic N) is 4. The molecule has 0 unspecified atom stereocenters. The first kappa shape index (κ1) is 13.8. The van der Waals surface area contributed by atoms with Crippen molar-refractivity contribution in [1.29, 1.82) is 0 Å². The fourth-order valence-electron chi connectivity index (χ4n) is 3.03. The highest BCUT2D eigenvalue weighted by Gasteiger charge is 2.24. The summed E-state index contributed by atoms with van der Waals surface area (Å²) >= 11 is 0. The lowest BCUT2D eigenvalue weighted by Crippen LogP contribution is -2.36. The third-order valence-corrected chi connectivity index (χ3v) is 4.24. The molecule has 0 bridgehead atoms. The van der Waals surface area contributed by atoms with E-state index in [2.05, 4.69) is 15.0 Å². The molecule has 3 aromatic rings. The van der Waals surface area contributed by atoms with Gasteiger partial charge in [-0.25, -0.2) is 9.97 Å². The van der Waals surface area contributed by atoms with Gasteiger partial charge in [0.25, 0.3) is 5.91 Å². The van der Waals surface area contributed by atoms with Crippen LogP contribution in [0.4, 0.5) is 0 Å². The Morgan fingerprint density at radius 1 is 1.22 bits per heavy atom. The lowest BCUT2D eigenvalue weighted by molar-refractivity contribution is 0.0735. The number of amides is 1. The number of para-hydroxylation sites is 1. The molecule has 114 valence electrons. The molecule has 1 aliphatic rings. The van der Waals surface area contributed by atoms with Gasteiger partial charge in [-0.05, 0) is 19.1 Å². The van der Waals surface area contributed by atoms with E-state index in [0.717, 1.165) is 34.3 Å². The van der Waals surface area contributed by atoms with Gasteiger partial charge in [0.05, 0.1) is 16.8 Å². The second kappa shape index (κ2) is 5.43. The SMILES string of the molecule is Cc1ccc2cccc(C(=O)N3CCc4ncncc4C3)c2n1. The minimum Gasteiger partial charge on any atom is -0.334 e. The Morgan fingerprint density at radius 2 is 2.13 bits per heavy atom. The zero-order valence-electron chi connectivity index (χ0n) is 12.9. The van der Waals surface area contributed by atoms with Crippen molar-refractivity contribution in [3.8, 4) is 0 Å². The molecular weight excluding hydrogens is 288 g/mol. The van der Waals surface area contributed by atoms with E-state index in [0.29, 0.717) is 18.7 Å². The predicted octanol–water partition coefficient (Wildman–Crippen LogP) is 2.53. The first-order valence-corrected chi connectivity index (χ1v) is 7.66. The smallest absolute Gasteiger partial charge is 0.256 e. The third-order valence-electron chi connectivity index (χ3n) is 4.24. The Labute approximate surface area is 134 Å². The van der Waals surface area contributed by atoms with Gasteiger partial charge in [0.1, 0.15) is 6.33 Å². The Balaban J connectivity index is 1.72. The van der Waals surface area contributed by atoms with Crippen LogP contribution >= 0.6 is 0 Å². The van der Waals surface area contributed by atoms with Gasteiger partial charge >= 0.3 is 0 Å². The van der Waals surface area contributed by atoms with Crippen molar-refractivity contribution in [3.05, 3.63) is 65.4 Å². The molecule has 0 saturated heterocycles. The molecule has 3 heterocycles. The maximum absolute atomic E-state index is 13.0. The fourth-order valence-corrected chi connectivity index (χ4v) is 3.03. The van der Waals surface area contributed by atoms with Crippen LogP contribution in [0.25, 0.3) is 10.9 Å². The number of aryl methyl sites for hydroxylation is 1. The molecule has 0 atom stereocenters. The summed E-state index contributed by atoms with van der Waals surface area (Å²) in [7, 11) is 0. The van der Waals surface area contributed by atoms with Gasteiger partial charge in [0.15, 0.2) is 0 Å². The van der Waals surface area contributed by atoms with E-state index < -0.39 is 0 Å². The number of rotatable bonds is 1. The van der Waals surface area contributed by atoms with Gasteiger partial charge in [-0.15, -0.1) is 0 Å². The van der Waals surface area contributed by atoms with Crippen LogP contribution in [0.1, 0.15) is 27.3 Å². The molecule has 0 N–H and O–H groups in total. The van der Waals surface area contributed by atoms with Crippen molar-refractivity contribution in [2.45, 2.75) is 19.9 Å². The predicted molar refractivity (Wildman–Crippen MR) is 87.0 cm³/mol. The number of aromatic nitrogens is 3. The van der Waals surface area contributed by atoms with Gasteiger partial charge in [0.2, 0.25) is 0 Å². The van der Waals surface area contributed by atoms with Gasteiger partial charge < -0.3 is 4.90 Å². The second-order valence-electron chi connectivity index (χ2n) is 5.80. The summed E-state index contributed by atoms with van der Waals surface area (Å²) in [4.78, 5) is 27.7. The number of carbonyl (C=O) groups excluding carboxylic acids is 1. The highest BCUT2D eigenvalue weighted by molar-refractivity contribution is 6.05. The Hall–Kier alpha value is -2.82. The first-order valence-electron chi connectivity index (χ1n) is 7.66. The topological polar surface area (TPSA) is 59.0 Å². The number of benzene rings is 1. The maximum Gasteiger partial charge on any atom is 0.256 e. The van der Waals surface area contributed by atoms with Crippen LogP contribution in [-0.2, 0) is 13.0 Å². The molecule has 2 aromatic heterocycles. The fraction of sp³-hybridized carbons (Fsp3) is 0.222. The van der Waals surface area contributed by atoms with Crippen molar-refractivity contribution in [1.82, 2.24) is 19.9 Å². The summed E-state index contributed by atoms with van der Waals surface area (Å²) < 4.78 is 0. The molecule has 23 heavy (non-hydrogen) atoms. The van der Waals surface area contributed by atoms with E-state index in [4.69, 9.17) is 0 Å². The average Bonchev–Trinajstić information content (AvgIpc) is 2.60.